The van der Waals surface area contributed by atoms with Gasteiger partial charge in [-0.1, -0.05) is 12.2 Å². The third-order valence-corrected chi connectivity index (χ3v) is 2.10. The molecule has 0 aromatic heterocycles. The first-order valence-electron chi connectivity index (χ1n) is 4.23. The van der Waals surface area contributed by atoms with Crippen LogP contribution in [0.15, 0.2) is 18.2 Å². The van der Waals surface area contributed by atoms with Gasteiger partial charge < -0.3 is 0 Å². The van der Waals surface area contributed by atoms with Gasteiger partial charge in [-0.25, -0.2) is 0 Å². The second-order valence-electron chi connectivity index (χ2n) is 2.97. The number of allylic oxidation sites excluding steroid dienone is 1. The van der Waals surface area contributed by atoms with Gasteiger partial charge in [-0.05, 0) is 24.1 Å². The van der Waals surface area contributed by atoms with Crippen molar-refractivity contribution < 1.29 is 9.31 Å². The van der Waals surface area contributed by atoms with Crippen LogP contribution < -0.4 is 0 Å². The van der Waals surface area contributed by atoms with E-state index in [1.165, 1.54) is 6.07 Å². The van der Waals surface area contributed by atoms with Crippen molar-refractivity contribution in [1.82, 2.24) is 0 Å². The zero-order valence-corrected chi connectivity index (χ0v) is 8.79. The van der Waals surface area contributed by atoms with Gasteiger partial charge in [0.15, 0.2) is 0 Å². The van der Waals surface area contributed by atoms with Gasteiger partial charge in [-0.2, -0.15) is 4.39 Å². The standard InChI is InChI=1S/C10H9ClFNO2/c1-7-5-10(13(14)15)9(12)6-8(7)3-2-4-11/h2-3,5-6H,4H2,1H3. The molecule has 0 N–H and O–H groups in total. The number of hydrogen-bond acceptors (Lipinski definition) is 2. The van der Waals surface area contributed by atoms with Crippen molar-refractivity contribution in [3.05, 3.63) is 45.3 Å². The first-order valence-corrected chi connectivity index (χ1v) is 4.76. The van der Waals surface area contributed by atoms with Gasteiger partial charge in [0.1, 0.15) is 0 Å². The SMILES string of the molecule is Cc1cc([N+](=O)[O-])c(F)cc1C=CCCl. The Balaban J connectivity index is 3.19. The predicted molar refractivity (Wildman–Crippen MR) is 57.5 cm³/mol. The van der Waals surface area contributed by atoms with Crippen molar-refractivity contribution in [2.75, 3.05) is 5.88 Å². The average molecular weight is 230 g/mol. The van der Waals surface area contributed by atoms with Crippen LogP contribution in [-0.4, -0.2) is 10.8 Å². The van der Waals surface area contributed by atoms with Gasteiger partial charge in [0.05, 0.1) is 4.92 Å². The van der Waals surface area contributed by atoms with Crippen molar-refractivity contribution in [3.63, 3.8) is 0 Å². The number of nitro benzene ring substituents is 1. The molecule has 5 heteroatoms. The maximum Gasteiger partial charge on any atom is 0.305 e. The molecule has 0 aliphatic rings. The molecule has 1 aromatic carbocycles. The second kappa shape index (κ2) is 4.89. The van der Waals surface area contributed by atoms with E-state index in [9.17, 15) is 14.5 Å². The second-order valence-corrected chi connectivity index (χ2v) is 3.28. The molecule has 80 valence electrons. The number of halogens is 2. The van der Waals surface area contributed by atoms with E-state index in [-0.39, 0.29) is 0 Å². The highest BCUT2D eigenvalue weighted by molar-refractivity contribution is 6.19. The lowest BCUT2D eigenvalue weighted by molar-refractivity contribution is -0.387. The Bertz CT molecular complexity index is 418. The first kappa shape index (κ1) is 11.7. The van der Waals surface area contributed by atoms with Crippen LogP contribution in [0.5, 0.6) is 0 Å². The molecule has 0 unspecified atom stereocenters. The fourth-order valence-electron chi connectivity index (χ4n) is 1.17. The molecule has 0 aliphatic heterocycles. The quantitative estimate of drug-likeness (QED) is 0.453. The van der Waals surface area contributed by atoms with Crippen LogP contribution in [0, 0.1) is 22.9 Å². The summed E-state index contributed by atoms with van der Waals surface area (Å²) in [6.07, 6.45) is 3.28. The molecule has 3 nitrogen and oxygen atoms in total. The van der Waals surface area contributed by atoms with E-state index in [1.807, 2.05) is 0 Å². The molecule has 0 heterocycles. The van der Waals surface area contributed by atoms with Crippen molar-refractivity contribution in [2.24, 2.45) is 0 Å². The van der Waals surface area contributed by atoms with Gasteiger partial charge in [0, 0.05) is 11.9 Å². The normalized spacial score (nSPS) is 10.9. The van der Waals surface area contributed by atoms with Crippen molar-refractivity contribution in [2.45, 2.75) is 6.92 Å². The molecule has 1 aromatic rings. The number of aryl methyl sites for hydroxylation is 1. The summed E-state index contributed by atoms with van der Waals surface area (Å²) in [6.45, 7) is 1.68. The highest BCUT2D eigenvalue weighted by atomic mass is 35.5. The number of nitro groups is 1. The van der Waals surface area contributed by atoms with Crippen LogP contribution in [0.4, 0.5) is 10.1 Å². The maximum absolute atomic E-state index is 13.2. The summed E-state index contributed by atoms with van der Waals surface area (Å²) in [4.78, 5) is 9.69. The molecule has 0 fully saturated rings. The smallest absolute Gasteiger partial charge is 0.258 e. The number of rotatable bonds is 3. The van der Waals surface area contributed by atoms with Gasteiger partial charge in [0.2, 0.25) is 5.82 Å². The molecule has 1 rings (SSSR count). The van der Waals surface area contributed by atoms with E-state index in [4.69, 9.17) is 11.6 Å². The van der Waals surface area contributed by atoms with E-state index >= 15 is 0 Å². The Labute approximate surface area is 91.3 Å². The molecule has 0 aliphatic carbocycles. The van der Waals surface area contributed by atoms with E-state index in [0.29, 0.717) is 17.0 Å². The third kappa shape index (κ3) is 2.76. The van der Waals surface area contributed by atoms with E-state index in [1.54, 1.807) is 19.1 Å². The molecule has 0 saturated heterocycles. The summed E-state index contributed by atoms with van der Waals surface area (Å²) in [7, 11) is 0. The molecule has 15 heavy (non-hydrogen) atoms. The Kier molecular flexibility index (Phi) is 3.80. The van der Waals surface area contributed by atoms with Gasteiger partial charge in [-0.3, -0.25) is 10.1 Å². The summed E-state index contributed by atoms with van der Waals surface area (Å²) in [5, 5.41) is 10.4. The summed E-state index contributed by atoms with van der Waals surface area (Å²) in [5.41, 5.74) is 0.735. The zero-order valence-electron chi connectivity index (χ0n) is 8.04. The van der Waals surface area contributed by atoms with E-state index in [0.717, 1.165) is 6.07 Å². The minimum absolute atomic E-state index is 0.318. The summed E-state index contributed by atoms with van der Waals surface area (Å²) >= 11 is 5.44. The van der Waals surface area contributed by atoms with Crippen LogP contribution in [0.1, 0.15) is 11.1 Å². The minimum Gasteiger partial charge on any atom is -0.258 e. The Hall–Kier alpha value is -1.42. The van der Waals surface area contributed by atoms with Gasteiger partial charge in [-0.15, -0.1) is 11.6 Å². The number of benzene rings is 1. The Morgan fingerprint density at radius 3 is 2.80 bits per heavy atom. The first-order chi connectivity index (χ1) is 7.06. The zero-order chi connectivity index (χ0) is 11.4. The van der Waals surface area contributed by atoms with Crippen LogP contribution in [0.2, 0.25) is 0 Å². The number of alkyl halides is 1. The molecular weight excluding hydrogens is 221 g/mol. The van der Waals surface area contributed by atoms with E-state index in [2.05, 4.69) is 0 Å². The topological polar surface area (TPSA) is 43.1 Å². The van der Waals surface area contributed by atoms with Crippen LogP contribution in [0.3, 0.4) is 0 Å². The van der Waals surface area contributed by atoms with Crippen molar-refractivity contribution in [1.29, 1.82) is 0 Å². The lowest BCUT2D eigenvalue weighted by Gasteiger charge is -2.01. The third-order valence-electron chi connectivity index (χ3n) is 1.92. The predicted octanol–water partition coefficient (Wildman–Crippen LogP) is 3.29. The fourth-order valence-corrected chi connectivity index (χ4v) is 1.26. The summed E-state index contributed by atoms with van der Waals surface area (Å²) in [5.74, 6) is -0.516. The van der Waals surface area contributed by atoms with Crippen molar-refractivity contribution in [3.8, 4) is 0 Å². The van der Waals surface area contributed by atoms with Crippen LogP contribution in [-0.2, 0) is 0 Å². The molecule has 0 bridgehead atoms. The highest BCUT2D eigenvalue weighted by Crippen LogP contribution is 2.22. The van der Waals surface area contributed by atoms with Crippen molar-refractivity contribution >= 4 is 23.4 Å². The summed E-state index contributed by atoms with van der Waals surface area (Å²) < 4.78 is 13.2. The van der Waals surface area contributed by atoms with Gasteiger partial charge >= 0.3 is 5.69 Å². The molecule has 0 saturated carbocycles. The van der Waals surface area contributed by atoms with Crippen LogP contribution in [0.25, 0.3) is 6.08 Å². The maximum atomic E-state index is 13.2. The lowest BCUT2D eigenvalue weighted by atomic mass is 10.1. The lowest BCUT2D eigenvalue weighted by Crippen LogP contribution is -1.95. The molecule has 0 amide bonds. The minimum atomic E-state index is -0.833. The average Bonchev–Trinajstić information content (AvgIpc) is 2.18. The van der Waals surface area contributed by atoms with Crippen LogP contribution >= 0.6 is 11.6 Å². The molecular formula is C10H9ClFNO2. The summed E-state index contributed by atoms with van der Waals surface area (Å²) in [6, 6.07) is 2.35. The molecule has 0 radical (unpaired) electrons. The molecule has 0 atom stereocenters. The highest BCUT2D eigenvalue weighted by Gasteiger charge is 2.15. The fraction of sp³-hybridized carbons (Fsp3) is 0.200. The Morgan fingerprint density at radius 2 is 2.27 bits per heavy atom. The monoisotopic (exact) mass is 229 g/mol. The molecule has 0 spiro atoms. The van der Waals surface area contributed by atoms with Gasteiger partial charge in [0.25, 0.3) is 0 Å². The largest absolute Gasteiger partial charge is 0.305 e. The number of hydrogen-bond donors (Lipinski definition) is 0. The van der Waals surface area contributed by atoms with E-state index < -0.39 is 16.4 Å². The Morgan fingerprint density at radius 1 is 1.60 bits per heavy atom. The number of nitrogens with zero attached hydrogens (tertiary/aromatic N) is 1.